The molecule has 1 unspecified atom stereocenters. The quantitative estimate of drug-likeness (QED) is 0.721. The number of ether oxygens (including phenoxy) is 1. The third-order valence-corrected chi connectivity index (χ3v) is 5.69. The van der Waals surface area contributed by atoms with Gasteiger partial charge in [-0.25, -0.2) is 8.42 Å². The topological polar surface area (TPSA) is 75.7 Å². The summed E-state index contributed by atoms with van der Waals surface area (Å²) in [4.78, 5) is 12.7. The van der Waals surface area contributed by atoms with E-state index in [1.165, 1.54) is 11.4 Å². The molecule has 0 saturated carbocycles. The van der Waals surface area contributed by atoms with Gasteiger partial charge in [-0.2, -0.15) is 0 Å². The summed E-state index contributed by atoms with van der Waals surface area (Å²) < 4.78 is 30.3. The molecule has 0 bridgehead atoms. The van der Waals surface area contributed by atoms with E-state index in [0.29, 0.717) is 17.9 Å². The van der Waals surface area contributed by atoms with Gasteiger partial charge >= 0.3 is 0 Å². The highest BCUT2D eigenvalue weighted by atomic mass is 32.2. The van der Waals surface area contributed by atoms with Crippen LogP contribution in [0.4, 0.5) is 11.4 Å². The van der Waals surface area contributed by atoms with Crippen molar-refractivity contribution >= 4 is 27.3 Å². The first-order chi connectivity index (χ1) is 13.1. The van der Waals surface area contributed by atoms with Crippen molar-refractivity contribution in [1.29, 1.82) is 0 Å². The highest BCUT2D eigenvalue weighted by molar-refractivity contribution is 7.92. The Morgan fingerprint density at radius 3 is 2.25 bits per heavy atom. The summed E-state index contributed by atoms with van der Waals surface area (Å²) in [6, 6.07) is 14.3. The van der Waals surface area contributed by atoms with E-state index in [9.17, 15) is 13.2 Å². The zero-order valence-electron chi connectivity index (χ0n) is 17.0. The average Bonchev–Trinajstić information content (AvgIpc) is 2.65. The zero-order valence-corrected chi connectivity index (χ0v) is 17.8. The number of rotatable bonds is 8. The minimum atomic E-state index is -3.33. The van der Waals surface area contributed by atoms with E-state index < -0.39 is 16.1 Å². The van der Waals surface area contributed by atoms with Gasteiger partial charge in [-0.3, -0.25) is 9.10 Å². The number of hydrogen-bond donors (Lipinski definition) is 1. The number of carbonyl (C=O) groups excluding carboxylic acids is 1. The summed E-state index contributed by atoms with van der Waals surface area (Å²) in [6.07, 6.45) is 0.989. The Labute approximate surface area is 167 Å². The fourth-order valence-corrected chi connectivity index (χ4v) is 3.24. The van der Waals surface area contributed by atoms with Gasteiger partial charge in [0.15, 0.2) is 6.10 Å². The molecule has 7 heteroatoms. The van der Waals surface area contributed by atoms with Gasteiger partial charge in [0.25, 0.3) is 5.91 Å². The molecule has 0 fully saturated rings. The number of anilines is 2. The lowest BCUT2D eigenvalue weighted by molar-refractivity contribution is -0.122. The Morgan fingerprint density at radius 1 is 1.11 bits per heavy atom. The van der Waals surface area contributed by atoms with E-state index in [1.807, 2.05) is 31.2 Å². The molecule has 28 heavy (non-hydrogen) atoms. The molecule has 1 atom stereocenters. The molecule has 6 nitrogen and oxygen atoms in total. The number of benzene rings is 2. The molecule has 0 radical (unpaired) electrons. The van der Waals surface area contributed by atoms with Crippen LogP contribution in [0.1, 0.15) is 38.7 Å². The Balaban J connectivity index is 2.11. The normalized spacial score (nSPS) is 12.5. The number of hydrogen-bond acceptors (Lipinski definition) is 4. The fraction of sp³-hybridized carbons (Fsp3) is 0.381. The van der Waals surface area contributed by atoms with Crippen molar-refractivity contribution in [3.05, 3.63) is 54.1 Å². The SMILES string of the molecule is CCC(Oc1ccc(N(C)S(C)(=O)=O)cc1)C(=O)Nc1ccccc1C(C)C. The van der Waals surface area contributed by atoms with Crippen LogP contribution in [0, 0.1) is 0 Å². The smallest absolute Gasteiger partial charge is 0.265 e. The van der Waals surface area contributed by atoms with E-state index in [1.54, 1.807) is 24.3 Å². The van der Waals surface area contributed by atoms with Crippen LogP contribution in [-0.4, -0.2) is 33.7 Å². The predicted molar refractivity (Wildman–Crippen MR) is 114 cm³/mol. The molecule has 0 heterocycles. The Morgan fingerprint density at radius 2 is 1.71 bits per heavy atom. The summed E-state index contributed by atoms with van der Waals surface area (Å²) in [5.41, 5.74) is 2.38. The molecule has 0 aliphatic rings. The number of sulfonamides is 1. The summed E-state index contributed by atoms with van der Waals surface area (Å²) in [6.45, 7) is 6.03. The second-order valence-electron chi connectivity index (χ2n) is 6.97. The van der Waals surface area contributed by atoms with Crippen LogP contribution < -0.4 is 14.4 Å². The summed E-state index contributed by atoms with van der Waals surface area (Å²) in [5.74, 6) is 0.578. The molecule has 0 saturated heterocycles. The van der Waals surface area contributed by atoms with Crippen LogP contribution >= 0.6 is 0 Å². The lowest BCUT2D eigenvalue weighted by atomic mass is 10.0. The molecule has 2 rings (SSSR count). The minimum Gasteiger partial charge on any atom is -0.481 e. The molecule has 152 valence electrons. The lowest BCUT2D eigenvalue weighted by Crippen LogP contribution is -2.32. The average molecular weight is 405 g/mol. The van der Waals surface area contributed by atoms with Crippen molar-refractivity contribution in [2.45, 2.75) is 39.2 Å². The second-order valence-corrected chi connectivity index (χ2v) is 8.98. The molecule has 1 amide bonds. The minimum absolute atomic E-state index is 0.215. The first-order valence-corrected chi connectivity index (χ1v) is 11.1. The van der Waals surface area contributed by atoms with Gasteiger partial charge < -0.3 is 10.1 Å². The number of amides is 1. The van der Waals surface area contributed by atoms with Gasteiger partial charge in [-0.1, -0.05) is 39.0 Å². The largest absolute Gasteiger partial charge is 0.481 e. The monoisotopic (exact) mass is 404 g/mol. The van der Waals surface area contributed by atoms with Crippen molar-refractivity contribution in [1.82, 2.24) is 0 Å². The molecular weight excluding hydrogens is 376 g/mol. The van der Waals surface area contributed by atoms with Gasteiger partial charge in [0.05, 0.1) is 11.9 Å². The van der Waals surface area contributed by atoms with Crippen molar-refractivity contribution in [2.75, 3.05) is 22.9 Å². The van der Waals surface area contributed by atoms with Crippen LogP contribution in [0.25, 0.3) is 0 Å². The number of nitrogens with one attached hydrogen (secondary N) is 1. The summed E-state index contributed by atoms with van der Waals surface area (Å²) >= 11 is 0. The van der Waals surface area contributed by atoms with Crippen molar-refractivity contribution in [3.8, 4) is 5.75 Å². The maximum absolute atomic E-state index is 12.7. The van der Waals surface area contributed by atoms with Crippen molar-refractivity contribution < 1.29 is 17.9 Å². The summed E-state index contributed by atoms with van der Waals surface area (Å²) in [7, 11) is -1.84. The maximum Gasteiger partial charge on any atom is 0.265 e. The Hall–Kier alpha value is -2.54. The second kappa shape index (κ2) is 9.10. The van der Waals surface area contributed by atoms with Crippen LogP contribution in [-0.2, 0) is 14.8 Å². The predicted octanol–water partition coefficient (Wildman–Crippen LogP) is 4.00. The fourth-order valence-electron chi connectivity index (χ4n) is 2.74. The van der Waals surface area contributed by atoms with Crippen LogP contribution in [0.2, 0.25) is 0 Å². The molecule has 0 aromatic heterocycles. The van der Waals surface area contributed by atoms with Gasteiger partial charge in [-0.05, 0) is 48.2 Å². The molecule has 1 N–H and O–H groups in total. The molecular formula is C21H28N2O4S. The zero-order chi connectivity index (χ0) is 20.9. The van der Waals surface area contributed by atoms with Gasteiger partial charge in [0, 0.05) is 12.7 Å². The van der Waals surface area contributed by atoms with E-state index in [0.717, 1.165) is 17.5 Å². The first kappa shape index (κ1) is 21.8. The third kappa shape index (κ3) is 5.48. The maximum atomic E-state index is 12.7. The van der Waals surface area contributed by atoms with E-state index in [4.69, 9.17) is 4.74 Å². The highest BCUT2D eigenvalue weighted by Gasteiger charge is 2.20. The van der Waals surface area contributed by atoms with Gasteiger partial charge in [-0.15, -0.1) is 0 Å². The third-order valence-electron chi connectivity index (χ3n) is 4.48. The summed E-state index contributed by atoms with van der Waals surface area (Å²) in [5, 5.41) is 2.96. The van der Waals surface area contributed by atoms with Crippen LogP contribution in [0.3, 0.4) is 0 Å². The number of carbonyl (C=O) groups is 1. The standard InChI is InChI=1S/C21H28N2O4S/c1-6-20(21(24)22-19-10-8-7-9-18(19)15(2)3)27-17-13-11-16(12-14-17)23(4)28(5,25)26/h7-15,20H,6H2,1-5H3,(H,22,24). The van der Waals surface area contributed by atoms with Crippen LogP contribution in [0.15, 0.2) is 48.5 Å². The van der Waals surface area contributed by atoms with Crippen LogP contribution in [0.5, 0.6) is 5.75 Å². The molecule has 2 aromatic carbocycles. The van der Waals surface area contributed by atoms with Crippen molar-refractivity contribution in [3.63, 3.8) is 0 Å². The van der Waals surface area contributed by atoms with Crippen molar-refractivity contribution in [2.24, 2.45) is 0 Å². The Kier molecular flexibility index (Phi) is 7.07. The molecule has 0 aliphatic carbocycles. The lowest BCUT2D eigenvalue weighted by Gasteiger charge is -2.20. The van der Waals surface area contributed by atoms with E-state index >= 15 is 0 Å². The highest BCUT2D eigenvalue weighted by Crippen LogP contribution is 2.25. The molecule has 0 aliphatic heterocycles. The van der Waals surface area contributed by atoms with E-state index in [-0.39, 0.29) is 11.8 Å². The van der Waals surface area contributed by atoms with Gasteiger partial charge in [0.1, 0.15) is 5.75 Å². The van der Waals surface area contributed by atoms with E-state index in [2.05, 4.69) is 19.2 Å². The number of para-hydroxylation sites is 1. The molecule has 0 spiro atoms. The Bertz CT molecular complexity index is 908. The number of nitrogens with zero attached hydrogens (tertiary/aromatic N) is 1. The first-order valence-electron chi connectivity index (χ1n) is 9.24. The van der Waals surface area contributed by atoms with Gasteiger partial charge in [0.2, 0.25) is 10.0 Å². The molecule has 2 aromatic rings.